The van der Waals surface area contributed by atoms with Crippen molar-refractivity contribution in [1.82, 2.24) is 0 Å². The van der Waals surface area contributed by atoms with Gasteiger partial charge in [0.25, 0.3) is 0 Å². The lowest BCUT2D eigenvalue weighted by atomic mass is 10.1. The highest BCUT2D eigenvalue weighted by molar-refractivity contribution is 5.44. The Morgan fingerprint density at radius 2 is 1.17 bits per heavy atom. The smallest absolute Gasteiger partial charge is 0.127 e. The Hall–Kier alpha value is -2.98. The number of benzene rings is 3. The molecular weight excluding hydrogens is 280 g/mol. The second kappa shape index (κ2) is 7.33. The Morgan fingerprint density at radius 3 is 1.74 bits per heavy atom. The van der Waals surface area contributed by atoms with Gasteiger partial charge in [-0.05, 0) is 60.5 Å². The molecule has 0 aliphatic carbocycles. The summed E-state index contributed by atoms with van der Waals surface area (Å²) in [5.74, 6) is 7.98. The molecule has 23 heavy (non-hydrogen) atoms. The maximum Gasteiger partial charge on any atom is 0.127 e. The largest absolute Gasteiger partial charge is 0.457 e. The van der Waals surface area contributed by atoms with Crippen LogP contribution in [0.5, 0.6) is 11.5 Å². The summed E-state index contributed by atoms with van der Waals surface area (Å²) in [6.07, 6.45) is 1.04. The SMILES string of the molecule is CCc1ccc(Oc2ccc(C#Cc3ccccc3)cc2)cc1. The summed E-state index contributed by atoms with van der Waals surface area (Å²) in [5.41, 5.74) is 3.30. The zero-order chi connectivity index (χ0) is 15.9. The zero-order valence-electron chi connectivity index (χ0n) is 13.1. The summed E-state index contributed by atoms with van der Waals surface area (Å²) in [7, 11) is 0. The molecule has 0 N–H and O–H groups in total. The third kappa shape index (κ3) is 4.25. The second-order valence-corrected chi connectivity index (χ2v) is 5.24. The molecule has 0 aromatic heterocycles. The average Bonchev–Trinajstić information content (AvgIpc) is 2.63. The van der Waals surface area contributed by atoms with Crippen LogP contribution in [0.4, 0.5) is 0 Å². The second-order valence-electron chi connectivity index (χ2n) is 5.24. The minimum atomic E-state index is 0.819. The molecule has 0 atom stereocenters. The maximum absolute atomic E-state index is 5.85. The van der Waals surface area contributed by atoms with Crippen LogP contribution in [0.2, 0.25) is 0 Å². The lowest BCUT2D eigenvalue weighted by Gasteiger charge is -2.06. The van der Waals surface area contributed by atoms with Crippen LogP contribution in [0.3, 0.4) is 0 Å². The highest BCUT2D eigenvalue weighted by Gasteiger charge is 1.97. The van der Waals surface area contributed by atoms with Gasteiger partial charge in [0, 0.05) is 11.1 Å². The number of ether oxygens (including phenoxy) is 1. The summed E-state index contributed by atoms with van der Waals surface area (Å²) < 4.78 is 5.85. The molecule has 112 valence electrons. The molecule has 0 amide bonds. The van der Waals surface area contributed by atoms with Gasteiger partial charge in [-0.3, -0.25) is 0 Å². The van der Waals surface area contributed by atoms with Gasteiger partial charge in [-0.1, -0.05) is 49.1 Å². The first kappa shape index (κ1) is 14.9. The summed E-state index contributed by atoms with van der Waals surface area (Å²) in [6.45, 7) is 2.14. The number of rotatable bonds is 3. The van der Waals surface area contributed by atoms with E-state index in [0.717, 1.165) is 29.0 Å². The van der Waals surface area contributed by atoms with Gasteiger partial charge in [-0.2, -0.15) is 0 Å². The molecule has 3 aromatic rings. The predicted molar refractivity (Wildman–Crippen MR) is 94.8 cm³/mol. The first-order valence-corrected chi connectivity index (χ1v) is 7.77. The van der Waals surface area contributed by atoms with Crippen molar-refractivity contribution in [3.8, 4) is 23.3 Å². The summed E-state index contributed by atoms with van der Waals surface area (Å²) in [4.78, 5) is 0. The third-order valence-corrected chi connectivity index (χ3v) is 3.55. The van der Waals surface area contributed by atoms with Crippen LogP contribution < -0.4 is 4.74 Å². The van der Waals surface area contributed by atoms with Gasteiger partial charge in [0.2, 0.25) is 0 Å². The van der Waals surface area contributed by atoms with E-state index in [0.29, 0.717) is 0 Å². The van der Waals surface area contributed by atoms with Crippen molar-refractivity contribution in [1.29, 1.82) is 0 Å². The Morgan fingerprint density at radius 1 is 0.652 bits per heavy atom. The third-order valence-electron chi connectivity index (χ3n) is 3.55. The molecule has 0 aliphatic heterocycles. The van der Waals surface area contributed by atoms with Crippen molar-refractivity contribution in [2.75, 3.05) is 0 Å². The van der Waals surface area contributed by atoms with Crippen molar-refractivity contribution >= 4 is 0 Å². The quantitative estimate of drug-likeness (QED) is 0.585. The lowest BCUT2D eigenvalue weighted by Crippen LogP contribution is -1.85. The first-order chi connectivity index (χ1) is 11.3. The normalized spacial score (nSPS) is 9.78. The van der Waals surface area contributed by atoms with Crippen LogP contribution in [0.25, 0.3) is 0 Å². The first-order valence-electron chi connectivity index (χ1n) is 7.77. The van der Waals surface area contributed by atoms with Crippen molar-refractivity contribution in [2.24, 2.45) is 0 Å². The Bertz CT molecular complexity index is 804. The molecule has 0 unspecified atom stereocenters. The molecule has 1 heteroatoms. The predicted octanol–water partition coefficient (Wildman–Crippen LogP) is 5.44. The number of hydrogen-bond acceptors (Lipinski definition) is 1. The van der Waals surface area contributed by atoms with Crippen LogP contribution in [-0.2, 0) is 6.42 Å². The lowest BCUT2D eigenvalue weighted by molar-refractivity contribution is 0.482. The van der Waals surface area contributed by atoms with E-state index in [2.05, 4.69) is 30.9 Å². The van der Waals surface area contributed by atoms with Gasteiger partial charge >= 0.3 is 0 Å². The van der Waals surface area contributed by atoms with E-state index < -0.39 is 0 Å². The van der Waals surface area contributed by atoms with Crippen LogP contribution in [-0.4, -0.2) is 0 Å². The van der Waals surface area contributed by atoms with E-state index in [1.807, 2.05) is 66.7 Å². The molecule has 1 nitrogen and oxygen atoms in total. The highest BCUT2D eigenvalue weighted by Crippen LogP contribution is 2.22. The minimum absolute atomic E-state index is 0.819. The molecule has 0 saturated heterocycles. The van der Waals surface area contributed by atoms with Gasteiger partial charge in [0.1, 0.15) is 11.5 Å². The Balaban J connectivity index is 1.68. The van der Waals surface area contributed by atoms with Gasteiger partial charge in [-0.25, -0.2) is 0 Å². The van der Waals surface area contributed by atoms with E-state index in [1.54, 1.807) is 0 Å². The Kier molecular flexibility index (Phi) is 4.76. The maximum atomic E-state index is 5.85. The van der Waals surface area contributed by atoms with E-state index in [1.165, 1.54) is 5.56 Å². The van der Waals surface area contributed by atoms with Gasteiger partial charge in [-0.15, -0.1) is 0 Å². The van der Waals surface area contributed by atoms with E-state index in [9.17, 15) is 0 Å². The van der Waals surface area contributed by atoms with Gasteiger partial charge < -0.3 is 4.74 Å². The zero-order valence-corrected chi connectivity index (χ0v) is 13.1. The average molecular weight is 298 g/mol. The fourth-order valence-corrected chi connectivity index (χ4v) is 2.20. The summed E-state index contributed by atoms with van der Waals surface area (Å²) >= 11 is 0. The minimum Gasteiger partial charge on any atom is -0.457 e. The fourth-order valence-electron chi connectivity index (χ4n) is 2.20. The Labute approximate surface area is 137 Å². The molecule has 0 aliphatic rings. The van der Waals surface area contributed by atoms with Crippen molar-refractivity contribution in [2.45, 2.75) is 13.3 Å². The van der Waals surface area contributed by atoms with E-state index in [-0.39, 0.29) is 0 Å². The van der Waals surface area contributed by atoms with Crippen molar-refractivity contribution in [3.05, 3.63) is 95.6 Å². The molecule has 3 aromatic carbocycles. The summed E-state index contributed by atoms with van der Waals surface area (Å²) in [5, 5.41) is 0. The molecule has 0 radical (unpaired) electrons. The van der Waals surface area contributed by atoms with Crippen molar-refractivity contribution in [3.63, 3.8) is 0 Å². The standard InChI is InChI=1S/C22H18O/c1-2-18-10-14-21(15-11-18)23-22-16-12-20(13-17-22)9-8-19-6-4-3-5-7-19/h3-7,10-17H,2H2,1H3. The highest BCUT2D eigenvalue weighted by atomic mass is 16.5. The van der Waals surface area contributed by atoms with E-state index >= 15 is 0 Å². The van der Waals surface area contributed by atoms with Gasteiger partial charge in [0.15, 0.2) is 0 Å². The van der Waals surface area contributed by atoms with Crippen LogP contribution in [0.15, 0.2) is 78.9 Å². The van der Waals surface area contributed by atoms with Crippen LogP contribution in [0, 0.1) is 11.8 Å². The number of aryl methyl sites for hydroxylation is 1. The fraction of sp³-hybridized carbons (Fsp3) is 0.0909. The molecule has 3 rings (SSSR count). The van der Waals surface area contributed by atoms with E-state index in [4.69, 9.17) is 4.74 Å². The molecular formula is C22H18O. The van der Waals surface area contributed by atoms with Crippen LogP contribution in [0.1, 0.15) is 23.6 Å². The molecule has 0 fully saturated rings. The van der Waals surface area contributed by atoms with Gasteiger partial charge in [0.05, 0.1) is 0 Å². The van der Waals surface area contributed by atoms with Crippen LogP contribution >= 0.6 is 0 Å². The topological polar surface area (TPSA) is 9.23 Å². The number of hydrogen-bond donors (Lipinski definition) is 0. The molecule has 0 bridgehead atoms. The molecule has 0 spiro atoms. The monoisotopic (exact) mass is 298 g/mol. The summed E-state index contributed by atoms with van der Waals surface area (Å²) in [6, 6.07) is 26.0. The molecule has 0 saturated carbocycles. The molecule has 0 heterocycles. The van der Waals surface area contributed by atoms with Crippen molar-refractivity contribution < 1.29 is 4.74 Å².